The standard InChI is InChI=1S/C81H104FN15O15S2/c1-50-73(101)87-63-41-54-14-10-13-52(36-54)12-8-9-29-112-68-21-27-94-72(68)77(105)90-71(51(2)98)76(104)89-64(40-53-15-18-61(109-7)19-16-53)79(107)95-26-11-24-81(95,3)80(108)83-25-35-114-49-56-37-55(48-113-34-23-70(100)86-66(75(103)85-50)44-84-69(99)22-30-110-32-33-111-31-28-97(4,5)6)38-60(39-56)96-47-59(91-92-96)46-93-45-57(42-65(78(94)106)88-74(63)102)62-43-58(82)17-20-67(62)93/h8-10,13-20,36-39,43,45,47,50-51,63-66,68,71-72,98H,11-12,21-35,40-42,44,46,48-49H2,1-7H3,(H7-,83,84,85,86,87,88,89,90,99,100,101,102,103,104,105,108)/p+1/b9-8-/t50-,51-,63+,64+,65-,66+,68+,71+,72+,81+/m1/s1. The van der Waals surface area contributed by atoms with E-state index in [1.54, 1.807) is 84.3 Å². The van der Waals surface area contributed by atoms with Gasteiger partial charge in [0.1, 0.15) is 71.6 Å². The fraction of sp³-hybridized carbons (Fsp3) is 0.506. The van der Waals surface area contributed by atoms with Crippen molar-refractivity contribution >= 4 is 93.5 Å². The molecule has 4 aromatic carbocycles. The van der Waals surface area contributed by atoms with E-state index in [1.807, 2.05) is 41.0 Å². The highest BCUT2D eigenvalue weighted by Gasteiger charge is 2.50. The zero-order chi connectivity index (χ0) is 81.2. The fourth-order valence-electron chi connectivity index (χ4n) is 14.6. The Morgan fingerprint density at radius 1 is 0.763 bits per heavy atom. The minimum Gasteiger partial charge on any atom is -0.497 e. The Kier molecular flexibility index (Phi) is 29.5. The van der Waals surface area contributed by atoms with Crippen LogP contribution in [0.4, 0.5) is 4.39 Å². The first-order valence-corrected chi connectivity index (χ1v) is 41.1. The van der Waals surface area contributed by atoms with E-state index in [-0.39, 0.29) is 96.8 Å². The third kappa shape index (κ3) is 22.8. The molecule has 9 N–H and O–H groups in total. The summed E-state index contributed by atoms with van der Waals surface area (Å²) in [4.78, 5) is 152. The smallest absolute Gasteiger partial charge is 0.246 e. The molecule has 0 radical (unpaired) electrons. The molecule has 0 saturated carbocycles. The molecule has 6 aromatic rings. The quantitative estimate of drug-likeness (QED) is 0.0405. The van der Waals surface area contributed by atoms with Gasteiger partial charge in [-0.05, 0) is 122 Å². The first kappa shape index (κ1) is 85.1. The molecule has 10 amide bonds. The topological polar surface area (TPSA) is 366 Å². The van der Waals surface area contributed by atoms with Crippen LogP contribution >= 0.6 is 23.5 Å². The second-order valence-electron chi connectivity index (χ2n) is 30.7. The molecule has 0 unspecified atom stereocenters. The second-order valence-corrected chi connectivity index (χ2v) is 32.9. The molecular weight excluding hydrogens is 1510 g/mol. The Morgan fingerprint density at radius 3 is 2.25 bits per heavy atom. The number of thioether (sulfide) groups is 2. The molecule has 10 atom stereocenters. The maximum atomic E-state index is 16.2. The molecule has 2 fully saturated rings. The number of nitrogens with one attached hydrogen (secondary N) is 8. The van der Waals surface area contributed by atoms with Gasteiger partial charge in [-0.3, -0.25) is 47.9 Å². The summed E-state index contributed by atoms with van der Waals surface area (Å²) in [5, 5.41) is 43.8. The number of benzene rings is 4. The number of carbonyl (C=O) groups is 10. The van der Waals surface area contributed by atoms with Crippen LogP contribution < -0.4 is 47.3 Å². The van der Waals surface area contributed by atoms with E-state index >= 15 is 28.4 Å². The number of carbonyl (C=O) groups excluding carboxylic acids is 10. The zero-order valence-electron chi connectivity index (χ0n) is 65.5. The number of rotatable bonds is 15. The predicted octanol–water partition coefficient (Wildman–Crippen LogP) is 2.48. The van der Waals surface area contributed by atoms with E-state index in [4.69, 9.17) is 18.9 Å². The van der Waals surface area contributed by atoms with Gasteiger partial charge in [-0.25, -0.2) is 9.07 Å². The van der Waals surface area contributed by atoms with Gasteiger partial charge < -0.3 is 85.4 Å². The number of aliphatic hydroxyl groups is 1. The van der Waals surface area contributed by atoms with E-state index in [2.05, 4.69) is 74.0 Å². The highest BCUT2D eigenvalue weighted by Crippen LogP contribution is 2.33. The molecule has 2 aromatic heterocycles. The summed E-state index contributed by atoms with van der Waals surface area (Å²) in [5.41, 5.74) is 4.35. The summed E-state index contributed by atoms with van der Waals surface area (Å²) in [6.07, 6.45) is 4.72. The zero-order valence-corrected chi connectivity index (χ0v) is 67.2. The number of aromatic nitrogens is 4. The maximum Gasteiger partial charge on any atom is 0.246 e. The number of methoxy groups -OCH3 is 1. The average molecular weight is 1610 g/mol. The molecule has 14 bridgehead atoms. The van der Waals surface area contributed by atoms with Crippen molar-refractivity contribution < 1.29 is 80.9 Å². The monoisotopic (exact) mass is 1610 g/mol. The van der Waals surface area contributed by atoms with E-state index in [0.717, 1.165) is 27.7 Å². The molecule has 2 saturated heterocycles. The molecule has 11 rings (SSSR count). The molecule has 0 aliphatic carbocycles. The van der Waals surface area contributed by atoms with Crippen molar-refractivity contribution in [2.24, 2.45) is 0 Å². The van der Waals surface area contributed by atoms with Gasteiger partial charge in [-0.1, -0.05) is 59.8 Å². The summed E-state index contributed by atoms with van der Waals surface area (Å²) < 4.78 is 43.4. The van der Waals surface area contributed by atoms with Gasteiger partial charge in [0.05, 0.1) is 91.9 Å². The number of hydrogen-bond donors (Lipinski definition) is 9. The number of nitrogens with zero attached hydrogens (tertiary/aromatic N) is 7. The van der Waals surface area contributed by atoms with Crippen molar-refractivity contribution in [2.75, 3.05) is 106 Å². The minimum atomic E-state index is -1.78. The van der Waals surface area contributed by atoms with Crippen LogP contribution in [0.3, 0.4) is 0 Å². The van der Waals surface area contributed by atoms with Gasteiger partial charge in [-0.15, -0.1) is 5.10 Å². The van der Waals surface area contributed by atoms with Crippen molar-refractivity contribution in [1.82, 2.24) is 71.9 Å². The highest BCUT2D eigenvalue weighted by atomic mass is 32.2. The number of ether oxygens (including phenoxy) is 4. The summed E-state index contributed by atoms with van der Waals surface area (Å²) >= 11 is 3.00. The summed E-state index contributed by atoms with van der Waals surface area (Å²) in [5.74, 6) is -5.86. The first-order chi connectivity index (χ1) is 54.7. The Hall–Kier alpha value is -9.77. The second kappa shape index (κ2) is 39.5. The molecular formula is C81H105FN15O15S2+. The summed E-state index contributed by atoms with van der Waals surface area (Å²) in [7, 11) is 7.68. The minimum absolute atomic E-state index is 0.0377. The highest BCUT2D eigenvalue weighted by molar-refractivity contribution is 7.98. The van der Waals surface area contributed by atoms with Crippen LogP contribution in [-0.4, -0.2) is 264 Å². The van der Waals surface area contributed by atoms with Crippen molar-refractivity contribution in [3.8, 4) is 11.4 Å². The average Bonchev–Trinajstić information content (AvgIpc) is 1.64. The lowest BCUT2D eigenvalue weighted by molar-refractivity contribution is -0.870. The molecule has 612 valence electrons. The van der Waals surface area contributed by atoms with Crippen LogP contribution in [-0.2, 0) is 106 Å². The van der Waals surface area contributed by atoms with Crippen LogP contribution in [0.1, 0.15) is 91.9 Å². The maximum absolute atomic E-state index is 16.2. The Morgan fingerprint density at radius 2 is 1.50 bits per heavy atom. The lowest BCUT2D eigenvalue weighted by Gasteiger charge is -2.37. The van der Waals surface area contributed by atoms with Gasteiger partial charge >= 0.3 is 0 Å². The number of fused-ring (bicyclic) bond motifs is 8. The van der Waals surface area contributed by atoms with E-state index < -0.39 is 125 Å². The number of allylic oxidation sites excluding steroid dienone is 1. The van der Waals surface area contributed by atoms with Crippen LogP contribution in [0.2, 0.25) is 0 Å². The van der Waals surface area contributed by atoms with Crippen LogP contribution in [0, 0.1) is 5.82 Å². The van der Waals surface area contributed by atoms with Gasteiger partial charge in [0.15, 0.2) is 0 Å². The Labute approximate surface area is 670 Å². The molecule has 33 heteroatoms. The van der Waals surface area contributed by atoms with Gasteiger partial charge in [-0.2, -0.15) is 23.5 Å². The molecule has 0 spiro atoms. The fourth-order valence-corrected chi connectivity index (χ4v) is 16.3. The normalized spacial score (nSPS) is 24.4. The summed E-state index contributed by atoms with van der Waals surface area (Å²) in [6, 6.07) is 13.6. The molecule has 5 aliphatic rings. The van der Waals surface area contributed by atoms with Crippen molar-refractivity contribution in [3.63, 3.8) is 0 Å². The molecule has 114 heavy (non-hydrogen) atoms. The SMILES string of the molecule is COc1ccc(C[C@@H]2NC(=O)[C@H]([C@@H](C)O)NC(=O)[C@@H]3[C@@H]4CCN3C(=O)[C@H]3Cc5cn(c6ccc(F)cc56)Cc5cn(nn5)-c5cc(cc(c5)CSCCC(=O)N[C@@H](CNC(=O)CCOCCOCC[N+](C)(C)C)C(=O)N[C@H](C)C(=O)N[C@@H](Cc5cccc(c5)C/C=C\CO4)C(=O)N3)CSCCNC(=O)[C@]3(C)CCCN3C2=O)cc1. The molecule has 30 nitrogen and oxygen atoms in total. The first-order valence-electron chi connectivity index (χ1n) is 38.8. The van der Waals surface area contributed by atoms with Crippen LogP contribution in [0.15, 0.2) is 109 Å². The lowest BCUT2D eigenvalue weighted by atomic mass is 9.95. The molecule has 7 heterocycles. The van der Waals surface area contributed by atoms with E-state index in [1.165, 1.54) is 54.7 Å². The third-order valence-corrected chi connectivity index (χ3v) is 23.0. The van der Waals surface area contributed by atoms with E-state index in [9.17, 15) is 29.1 Å². The van der Waals surface area contributed by atoms with Crippen LogP contribution in [0.25, 0.3) is 16.6 Å². The van der Waals surface area contributed by atoms with Crippen molar-refractivity contribution in [3.05, 3.63) is 154 Å². The Balaban J connectivity index is 0.990. The number of hydrogen-bond acceptors (Lipinski definition) is 19. The predicted molar refractivity (Wildman–Crippen MR) is 426 cm³/mol. The van der Waals surface area contributed by atoms with Crippen LogP contribution in [0.5, 0.6) is 5.75 Å². The van der Waals surface area contributed by atoms with Crippen molar-refractivity contribution in [1.29, 1.82) is 0 Å². The largest absolute Gasteiger partial charge is 0.497 e. The summed E-state index contributed by atoms with van der Waals surface area (Å²) in [6.45, 7) is 6.12. The van der Waals surface area contributed by atoms with Gasteiger partial charge in [0.25, 0.3) is 0 Å². The molecule has 5 aliphatic heterocycles. The third-order valence-electron chi connectivity index (χ3n) is 20.9. The number of quaternary nitrogens is 1. The number of halogens is 1. The van der Waals surface area contributed by atoms with Crippen molar-refractivity contribution in [2.45, 2.75) is 157 Å². The lowest BCUT2D eigenvalue weighted by Crippen LogP contribution is -2.64. The number of amides is 10. The number of aliphatic hydroxyl groups excluding tert-OH is 1. The Bertz CT molecular complexity index is 4480. The van der Waals surface area contributed by atoms with Gasteiger partial charge in [0.2, 0.25) is 59.1 Å². The van der Waals surface area contributed by atoms with E-state index in [0.29, 0.717) is 94.5 Å². The van der Waals surface area contributed by atoms with Gasteiger partial charge in [0, 0.05) is 98.4 Å². The number of likely N-dealkylation sites (N-methyl/N-ethyl adjacent to an activating group) is 1.